The Labute approximate surface area is 98.8 Å². The summed E-state index contributed by atoms with van der Waals surface area (Å²) in [5.74, 6) is 0.244. The van der Waals surface area contributed by atoms with Gasteiger partial charge in [-0.15, -0.1) is 0 Å². The molecule has 0 aromatic rings. The zero-order chi connectivity index (χ0) is 11.8. The molecule has 1 N–H and O–H groups in total. The first-order valence-corrected chi connectivity index (χ1v) is 6.70. The third kappa shape index (κ3) is 4.12. The van der Waals surface area contributed by atoms with Crippen LogP contribution in [0.1, 0.15) is 58.3 Å². The highest BCUT2D eigenvalue weighted by Gasteiger charge is 2.27. The van der Waals surface area contributed by atoms with Crippen LogP contribution in [0.3, 0.4) is 0 Å². The molecule has 0 bridgehead atoms. The number of nitrogens with zero attached hydrogens (tertiary/aromatic N) is 1. The maximum atomic E-state index is 11.9. The Morgan fingerprint density at radius 3 is 2.75 bits per heavy atom. The van der Waals surface area contributed by atoms with E-state index in [2.05, 4.69) is 6.92 Å². The number of rotatable bonds is 7. The van der Waals surface area contributed by atoms with Gasteiger partial charge in [0.2, 0.25) is 5.91 Å². The summed E-state index contributed by atoms with van der Waals surface area (Å²) in [4.78, 5) is 13.7. The van der Waals surface area contributed by atoms with Crippen molar-refractivity contribution < 1.29 is 9.90 Å². The van der Waals surface area contributed by atoms with Crippen molar-refractivity contribution in [3.05, 3.63) is 0 Å². The average molecular weight is 227 g/mol. The number of hydrogen-bond acceptors (Lipinski definition) is 2. The molecule has 1 saturated heterocycles. The van der Waals surface area contributed by atoms with Crippen molar-refractivity contribution in [3.63, 3.8) is 0 Å². The molecular formula is C13H25NO2. The summed E-state index contributed by atoms with van der Waals surface area (Å²) in [5, 5.41) is 9.13. The van der Waals surface area contributed by atoms with Crippen LogP contribution in [0.2, 0.25) is 0 Å². The van der Waals surface area contributed by atoms with Crippen molar-refractivity contribution in [1.82, 2.24) is 4.90 Å². The van der Waals surface area contributed by atoms with E-state index in [1.807, 2.05) is 4.90 Å². The second-order valence-electron chi connectivity index (χ2n) is 4.73. The van der Waals surface area contributed by atoms with Crippen LogP contribution in [0.25, 0.3) is 0 Å². The van der Waals surface area contributed by atoms with Gasteiger partial charge < -0.3 is 10.0 Å². The topological polar surface area (TPSA) is 40.5 Å². The summed E-state index contributed by atoms with van der Waals surface area (Å²) in [5.41, 5.74) is 0. The Hall–Kier alpha value is -0.570. The molecule has 1 unspecified atom stereocenters. The van der Waals surface area contributed by atoms with Crippen molar-refractivity contribution in [2.45, 2.75) is 64.3 Å². The summed E-state index contributed by atoms with van der Waals surface area (Å²) in [6.45, 7) is 3.17. The number of carbonyl (C=O) groups is 1. The molecule has 94 valence electrons. The summed E-state index contributed by atoms with van der Waals surface area (Å²) in [6, 6.07) is 0.100. The van der Waals surface area contributed by atoms with Gasteiger partial charge in [-0.2, -0.15) is 0 Å². The summed E-state index contributed by atoms with van der Waals surface area (Å²) >= 11 is 0. The fourth-order valence-corrected chi connectivity index (χ4v) is 2.38. The lowest BCUT2D eigenvalue weighted by molar-refractivity contribution is -0.132. The minimum absolute atomic E-state index is 0.100. The van der Waals surface area contributed by atoms with Gasteiger partial charge in [-0.25, -0.2) is 0 Å². The third-order valence-electron chi connectivity index (χ3n) is 3.40. The normalized spacial score (nSPS) is 20.4. The molecule has 1 heterocycles. The van der Waals surface area contributed by atoms with Crippen molar-refractivity contribution in [1.29, 1.82) is 0 Å². The van der Waals surface area contributed by atoms with Crippen LogP contribution in [-0.4, -0.2) is 35.1 Å². The van der Waals surface area contributed by atoms with Crippen LogP contribution in [0.4, 0.5) is 0 Å². The highest BCUT2D eigenvalue weighted by atomic mass is 16.3. The molecule has 0 aromatic carbocycles. The number of aliphatic hydroxyl groups is 1. The first kappa shape index (κ1) is 13.5. The van der Waals surface area contributed by atoms with E-state index in [0.717, 1.165) is 32.2 Å². The molecule has 3 heteroatoms. The summed E-state index contributed by atoms with van der Waals surface area (Å²) < 4.78 is 0. The Balaban J connectivity index is 2.14. The van der Waals surface area contributed by atoms with Crippen molar-refractivity contribution in [2.75, 3.05) is 13.2 Å². The van der Waals surface area contributed by atoms with Gasteiger partial charge in [0.25, 0.3) is 0 Å². The van der Waals surface area contributed by atoms with Gasteiger partial charge in [0.1, 0.15) is 0 Å². The quantitative estimate of drug-likeness (QED) is 0.678. The highest BCUT2D eigenvalue weighted by molar-refractivity contribution is 5.76. The Kier molecular flexibility index (Phi) is 6.46. The first-order chi connectivity index (χ1) is 7.79. The molecule has 0 aromatic heterocycles. The Morgan fingerprint density at radius 1 is 1.31 bits per heavy atom. The van der Waals surface area contributed by atoms with Crippen LogP contribution in [0.15, 0.2) is 0 Å². The maximum Gasteiger partial charge on any atom is 0.222 e. The van der Waals surface area contributed by atoms with Gasteiger partial charge in [-0.1, -0.05) is 32.6 Å². The number of likely N-dealkylation sites (tertiary alicyclic amines) is 1. The molecule has 1 aliphatic rings. The molecule has 1 rings (SSSR count). The molecule has 1 fully saturated rings. The third-order valence-corrected chi connectivity index (χ3v) is 3.40. The van der Waals surface area contributed by atoms with E-state index >= 15 is 0 Å². The predicted molar refractivity (Wildman–Crippen MR) is 65.2 cm³/mol. The molecule has 0 spiro atoms. The largest absolute Gasteiger partial charge is 0.394 e. The second-order valence-corrected chi connectivity index (χ2v) is 4.73. The summed E-state index contributed by atoms with van der Waals surface area (Å²) in [7, 11) is 0. The smallest absolute Gasteiger partial charge is 0.222 e. The molecule has 0 radical (unpaired) electrons. The van der Waals surface area contributed by atoms with E-state index < -0.39 is 0 Å². The highest BCUT2D eigenvalue weighted by Crippen LogP contribution is 2.18. The number of aliphatic hydroxyl groups excluding tert-OH is 1. The molecule has 16 heavy (non-hydrogen) atoms. The average Bonchev–Trinajstić information content (AvgIpc) is 2.76. The van der Waals surface area contributed by atoms with Crippen molar-refractivity contribution in [3.8, 4) is 0 Å². The van der Waals surface area contributed by atoms with Crippen LogP contribution in [0.5, 0.6) is 0 Å². The maximum absolute atomic E-state index is 11.9. The van der Waals surface area contributed by atoms with E-state index in [1.165, 1.54) is 19.3 Å². The van der Waals surface area contributed by atoms with Gasteiger partial charge in [-0.05, 0) is 19.3 Å². The van der Waals surface area contributed by atoms with Crippen molar-refractivity contribution >= 4 is 5.91 Å². The fourth-order valence-electron chi connectivity index (χ4n) is 2.38. The van der Waals surface area contributed by atoms with Crippen LogP contribution >= 0.6 is 0 Å². The number of carbonyl (C=O) groups excluding carboxylic acids is 1. The van der Waals surface area contributed by atoms with Crippen LogP contribution in [-0.2, 0) is 4.79 Å². The minimum atomic E-state index is 0.100. The lowest BCUT2D eigenvalue weighted by Gasteiger charge is -2.22. The Bertz CT molecular complexity index is 206. The van der Waals surface area contributed by atoms with E-state index in [-0.39, 0.29) is 18.6 Å². The zero-order valence-corrected chi connectivity index (χ0v) is 10.5. The molecule has 1 aliphatic heterocycles. The number of hydrogen-bond donors (Lipinski definition) is 1. The summed E-state index contributed by atoms with van der Waals surface area (Å²) in [6.07, 6.45) is 8.62. The second kappa shape index (κ2) is 7.66. The first-order valence-electron chi connectivity index (χ1n) is 6.70. The Morgan fingerprint density at radius 2 is 2.06 bits per heavy atom. The molecule has 0 aliphatic carbocycles. The van der Waals surface area contributed by atoms with E-state index in [1.54, 1.807) is 0 Å². The molecule has 1 amide bonds. The molecule has 0 saturated carbocycles. The minimum Gasteiger partial charge on any atom is -0.394 e. The van der Waals surface area contributed by atoms with Gasteiger partial charge in [0, 0.05) is 13.0 Å². The van der Waals surface area contributed by atoms with Gasteiger partial charge in [0.15, 0.2) is 0 Å². The van der Waals surface area contributed by atoms with E-state index in [4.69, 9.17) is 5.11 Å². The molecule has 1 atom stereocenters. The zero-order valence-electron chi connectivity index (χ0n) is 10.5. The standard InChI is InChI=1S/C13H25NO2/c1-2-3-4-5-6-9-13(16)14-10-7-8-12(14)11-15/h12,15H,2-11H2,1H3. The lowest BCUT2D eigenvalue weighted by atomic mass is 10.1. The van der Waals surface area contributed by atoms with Crippen LogP contribution in [0, 0.1) is 0 Å². The van der Waals surface area contributed by atoms with E-state index in [0.29, 0.717) is 6.42 Å². The van der Waals surface area contributed by atoms with E-state index in [9.17, 15) is 4.79 Å². The van der Waals surface area contributed by atoms with Gasteiger partial charge >= 0.3 is 0 Å². The molecular weight excluding hydrogens is 202 g/mol. The molecule has 3 nitrogen and oxygen atoms in total. The van der Waals surface area contributed by atoms with Gasteiger partial charge in [-0.3, -0.25) is 4.79 Å². The number of amides is 1. The SMILES string of the molecule is CCCCCCCC(=O)N1CCCC1CO. The lowest BCUT2D eigenvalue weighted by Crippen LogP contribution is -2.37. The van der Waals surface area contributed by atoms with Gasteiger partial charge in [0.05, 0.1) is 12.6 Å². The number of unbranched alkanes of at least 4 members (excludes halogenated alkanes) is 4. The monoisotopic (exact) mass is 227 g/mol. The van der Waals surface area contributed by atoms with Crippen LogP contribution < -0.4 is 0 Å². The predicted octanol–water partition coefficient (Wildman–Crippen LogP) is 2.33. The van der Waals surface area contributed by atoms with Crippen molar-refractivity contribution in [2.24, 2.45) is 0 Å². The fraction of sp³-hybridized carbons (Fsp3) is 0.923.